The highest BCUT2D eigenvalue weighted by molar-refractivity contribution is 8.00. The first-order chi connectivity index (χ1) is 18.2. The van der Waals surface area contributed by atoms with Crippen molar-refractivity contribution in [2.24, 2.45) is 5.16 Å². The third-order valence-electron chi connectivity index (χ3n) is 5.41. The fourth-order valence-corrected chi connectivity index (χ4v) is 5.43. The molecule has 2 atom stereocenters. The molecule has 0 bridgehead atoms. The minimum absolute atomic E-state index is 0.0394. The number of β-lactam (4-membered cyclic amide) rings is 1. The number of anilines is 1. The van der Waals surface area contributed by atoms with Gasteiger partial charge in [-0.3, -0.25) is 19.3 Å². The molecule has 13 nitrogen and oxygen atoms in total. The molecule has 1 aromatic carbocycles. The second-order valence-electron chi connectivity index (χ2n) is 7.75. The number of ketones is 1. The zero-order chi connectivity index (χ0) is 27.4. The molecule has 1 saturated heterocycles. The number of Topliss-reactive ketones (excluding diaryl/α,β-unsaturated/α-hetero) is 1. The van der Waals surface area contributed by atoms with Gasteiger partial charge in [0.15, 0.2) is 16.6 Å². The van der Waals surface area contributed by atoms with Crippen molar-refractivity contribution in [2.45, 2.75) is 18.3 Å². The number of nitrogens with one attached hydrogen (secondary N) is 1. The summed E-state index contributed by atoms with van der Waals surface area (Å²) in [5.74, 6) is -2.93. The molecule has 38 heavy (non-hydrogen) atoms. The second kappa shape index (κ2) is 11.4. The standard InChI is InChI=1S/C23H21N5O8S2/c1-11(29)12-5-3-4-6-13(12)21(32)35-10-36-22(33)15-7-8-37-20-17(19(31)28(15)20)26-18(30)16(27-34-2)14-9-38-23(24)25-14/h3-7,9,17,20H,8,10H2,1-2H3,(H2,24,25)(H,26,30)/b27-16-/t17-,20-/m1/s1. The lowest BCUT2D eigenvalue weighted by molar-refractivity contribution is -0.156. The molecule has 2 aromatic rings. The maximum absolute atomic E-state index is 12.9. The number of fused-ring (bicyclic) bond motifs is 1. The van der Waals surface area contributed by atoms with E-state index in [4.69, 9.17) is 20.0 Å². The third kappa shape index (κ3) is 5.38. The Labute approximate surface area is 224 Å². The highest BCUT2D eigenvalue weighted by atomic mass is 32.2. The molecule has 2 aliphatic rings. The summed E-state index contributed by atoms with van der Waals surface area (Å²) in [5.41, 5.74) is 5.84. The van der Waals surface area contributed by atoms with Crippen molar-refractivity contribution in [1.82, 2.24) is 15.2 Å². The minimum Gasteiger partial charge on any atom is -0.424 e. The predicted molar refractivity (Wildman–Crippen MR) is 136 cm³/mol. The number of nitrogen functional groups attached to an aromatic ring is 1. The molecule has 15 heteroatoms. The molecule has 1 aromatic heterocycles. The van der Waals surface area contributed by atoms with E-state index in [-0.39, 0.29) is 39.1 Å². The molecule has 0 spiro atoms. The molecular weight excluding hydrogens is 538 g/mol. The molecule has 1 fully saturated rings. The Morgan fingerprint density at radius 1 is 1.18 bits per heavy atom. The Kier molecular flexibility index (Phi) is 8.07. The first kappa shape index (κ1) is 26.8. The van der Waals surface area contributed by atoms with Gasteiger partial charge in [0.25, 0.3) is 11.8 Å². The number of amides is 2. The predicted octanol–water partition coefficient (Wildman–Crippen LogP) is 0.920. The van der Waals surface area contributed by atoms with Crippen LogP contribution in [0.5, 0.6) is 0 Å². The van der Waals surface area contributed by atoms with E-state index in [1.54, 1.807) is 12.1 Å². The molecule has 3 N–H and O–H groups in total. The number of esters is 2. The van der Waals surface area contributed by atoms with Gasteiger partial charge < -0.3 is 25.4 Å². The molecular formula is C23H21N5O8S2. The zero-order valence-corrected chi connectivity index (χ0v) is 21.7. The summed E-state index contributed by atoms with van der Waals surface area (Å²) >= 11 is 2.44. The number of benzene rings is 1. The number of carbonyl (C=O) groups is 5. The van der Waals surface area contributed by atoms with Crippen LogP contribution in [0, 0.1) is 0 Å². The van der Waals surface area contributed by atoms with E-state index < -0.39 is 42.0 Å². The number of hydrogen-bond acceptors (Lipinski definition) is 13. The Morgan fingerprint density at radius 2 is 1.89 bits per heavy atom. The van der Waals surface area contributed by atoms with Crippen LogP contribution in [-0.4, -0.2) is 76.2 Å². The van der Waals surface area contributed by atoms with Gasteiger partial charge in [-0.1, -0.05) is 23.4 Å². The molecule has 0 aliphatic carbocycles. The van der Waals surface area contributed by atoms with Crippen LogP contribution >= 0.6 is 23.1 Å². The summed E-state index contributed by atoms with van der Waals surface area (Å²) in [7, 11) is 1.26. The van der Waals surface area contributed by atoms with Gasteiger partial charge in [-0.05, 0) is 19.1 Å². The number of thioether (sulfide) groups is 1. The molecule has 2 aliphatic heterocycles. The van der Waals surface area contributed by atoms with Gasteiger partial charge in [-0.2, -0.15) is 0 Å². The third-order valence-corrected chi connectivity index (χ3v) is 7.27. The van der Waals surface area contributed by atoms with Crippen molar-refractivity contribution in [3.05, 3.63) is 58.2 Å². The fourth-order valence-electron chi connectivity index (χ4n) is 3.69. The van der Waals surface area contributed by atoms with E-state index in [1.807, 2.05) is 0 Å². The van der Waals surface area contributed by atoms with E-state index in [2.05, 4.69) is 15.5 Å². The topological polar surface area (TPSA) is 180 Å². The van der Waals surface area contributed by atoms with Crippen LogP contribution in [0.15, 0.2) is 46.6 Å². The number of nitrogens with zero attached hydrogens (tertiary/aromatic N) is 3. The smallest absolute Gasteiger partial charge is 0.357 e. The SMILES string of the molecule is CO/N=C(\C(=O)N[C@@H]1C(=O)N2C(C(=O)OCOC(=O)c3ccccc3C(C)=O)=CCS[C@H]12)c1csc(N)n1. The van der Waals surface area contributed by atoms with Gasteiger partial charge >= 0.3 is 11.9 Å². The van der Waals surface area contributed by atoms with Crippen molar-refractivity contribution < 1.29 is 38.3 Å². The molecule has 3 heterocycles. The highest BCUT2D eigenvalue weighted by Gasteiger charge is 2.53. The average Bonchev–Trinajstić information content (AvgIpc) is 3.34. The number of ether oxygens (including phenoxy) is 2. The normalized spacial score (nSPS) is 18.5. The van der Waals surface area contributed by atoms with Crippen molar-refractivity contribution in [3.63, 3.8) is 0 Å². The fraction of sp³-hybridized carbons (Fsp3) is 0.261. The minimum atomic E-state index is -0.942. The summed E-state index contributed by atoms with van der Waals surface area (Å²) < 4.78 is 10.0. The number of oxime groups is 1. The first-order valence-corrected chi connectivity index (χ1v) is 12.9. The van der Waals surface area contributed by atoms with Gasteiger partial charge in [-0.25, -0.2) is 14.6 Å². The van der Waals surface area contributed by atoms with Gasteiger partial charge in [-0.15, -0.1) is 23.1 Å². The first-order valence-electron chi connectivity index (χ1n) is 10.9. The Hall–Kier alpha value is -4.24. The largest absolute Gasteiger partial charge is 0.424 e. The van der Waals surface area contributed by atoms with Crippen LogP contribution in [0.3, 0.4) is 0 Å². The summed E-state index contributed by atoms with van der Waals surface area (Å²) in [6.45, 7) is 0.588. The monoisotopic (exact) mass is 559 g/mol. The summed E-state index contributed by atoms with van der Waals surface area (Å²) in [4.78, 5) is 72.3. The van der Waals surface area contributed by atoms with E-state index in [0.29, 0.717) is 5.75 Å². The Morgan fingerprint density at radius 3 is 2.55 bits per heavy atom. The molecule has 0 unspecified atom stereocenters. The molecule has 4 rings (SSSR count). The van der Waals surface area contributed by atoms with Crippen LogP contribution in [0.1, 0.15) is 33.3 Å². The van der Waals surface area contributed by atoms with E-state index >= 15 is 0 Å². The van der Waals surface area contributed by atoms with Crippen LogP contribution in [-0.2, 0) is 28.7 Å². The lowest BCUT2D eigenvalue weighted by atomic mass is 10.0. The lowest BCUT2D eigenvalue weighted by Crippen LogP contribution is -2.70. The number of rotatable bonds is 9. The van der Waals surface area contributed by atoms with Gasteiger partial charge in [0.2, 0.25) is 6.79 Å². The van der Waals surface area contributed by atoms with Gasteiger partial charge in [0, 0.05) is 16.7 Å². The van der Waals surface area contributed by atoms with Crippen molar-refractivity contribution >= 4 is 63.5 Å². The van der Waals surface area contributed by atoms with Crippen molar-refractivity contribution in [1.29, 1.82) is 0 Å². The zero-order valence-electron chi connectivity index (χ0n) is 20.0. The molecule has 198 valence electrons. The quantitative estimate of drug-likeness (QED) is 0.111. The van der Waals surface area contributed by atoms with E-state index in [9.17, 15) is 24.0 Å². The van der Waals surface area contributed by atoms with Crippen molar-refractivity contribution in [3.8, 4) is 0 Å². The van der Waals surface area contributed by atoms with Crippen LogP contribution in [0.2, 0.25) is 0 Å². The second-order valence-corrected chi connectivity index (χ2v) is 9.79. The van der Waals surface area contributed by atoms with Crippen LogP contribution < -0.4 is 11.1 Å². The van der Waals surface area contributed by atoms with E-state index in [1.165, 1.54) is 54.3 Å². The summed E-state index contributed by atoms with van der Waals surface area (Å²) in [6.07, 6.45) is 1.50. The summed E-state index contributed by atoms with van der Waals surface area (Å²) in [6, 6.07) is 5.14. The highest BCUT2D eigenvalue weighted by Crippen LogP contribution is 2.37. The van der Waals surface area contributed by atoms with Gasteiger partial charge in [0.1, 0.15) is 29.9 Å². The lowest BCUT2D eigenvalue weighted by Gasteiger charge is -2.48. The molecule has 0 radical (unpaired) electrons. The number of hydrogen-bond donors (Lipinski definition) is 2. The number of carbonyl (C=O) groups excluding carboxylic acids is 5. The summed E-state index contributed by atoms with van der Waals surface area (Å²) in [5, 5.41) is 7.47. The molecule has 2 amide bonds. The van der Waals surface area contributed by atoms with Crippen LogP contribution in [0.4, 0.5) is 5.13 Å². The Bertz CT molecular complexity index is 1370. The number of aromatic nitrogens is 1. The number of thiazole rings is 1. The van der Waals surface area contributed by atoms with Crippen molar-refractivity contribution in [2.75, 3.05) is 25.4 Å². The van der Waals surface area contributed by atoms with E-state index in [0.717, 1.165) is 11.3 Å². The number of nitrogens with two attached hydrogens (primary N) is 1. The van der Waals surface area contributed by atoms with Gasteiger partial charge in [0.05, 0.1) is 5.56 Å². The maximum atomic E-state index is 12.9. The maximum Gasteiger partial charge on any atom is 0.357 e. The molecule has 0 saturated carbocycles. The Balaban J connectivity index is 1.35. The average molecular weight is 560 g/mol. The van der Waals surface area contributed by atoms with Crippen LogP contribution in [0.25, 0.3) is 0 Å².